The van der Waals surface area contributed by atoms with Gasteiger partial charge in [0.15, 0.2) is 6.04 Å². The summed E-state index contributed by atoms with van der Waals surface area (Å²) in [4.78, 5) is 10.1. The molecular formula is C4H7NO5S. The van der Waals surface area contributed by atoms with E-state index in [-0.39, 0.29) is 6.42 Å². The second-order valence-corrected chi connectivity index (χ2v) is 2.33. The molecule has 1 unspecified atom stereocenters. The van der Waals surface area contributed by atoms with E-state index in [4.69, 9.17) is 10.2 Å². The van der Waals surface area contributed by atoms with Crippen molar-refractivity contribution in [2.24, 2.45) is 4.36 Å². The van der Waals surface area contributed by atoms with Gasteiger partial charge in [-0.2, -0.15) is 12.8 Å². The molecular weight excluding hydrogens is 174 g/mol. The Labute approximate surface area is 64.2 Å². The third-order valence-corrected chi connectivity index (χ3v) is 1.33. The smallest absolute Gasteiger partial charge is 0.329 e. The maximum absolute atomic E-state index is 10.1. The van der Waals surface area contributed by atoms with Crippen LogP contribution < -0.4 is 0 Å². The van der Waals surface area contributed by atoms with Crippen molar-refractivity contribution in [3.05, 3.63) is 0 Å². The molecule has 0 rings (SSSR count). The van der Waals surface area contributed by atoms with Crippen LogP contribution in [-0.2, 0) is 15.3 Å². The summed E-state index contributed by atoms with van der Waals surface area (Å²) in [5, 5.41) is 16.5. The molecule has 64 valence electrons. The fraction of sp³-hybridized carbons (Fsp3) is 0.750. The molecule has 0 saturated carbocycles. The predicted octanol–water partition coefficient (Wildman–Crippen LogP) is -1.12. The van der Waals surface area contributed by atoms with Crippen molar-refractivity contribution in [1.82, 2.24) is 0 Å². The second-order valence-electron chi connectivity index (χ2n) is 1.69. The normalized spacial score (nSPS) is 12.1. The summed E-state index contributed by atoms with van der Waals surface area (Å²) in [6.45, 7) is -0.405. The molecule has 0 saturated heterocycles. The van der Waals surface area contributed by atoms with Crippen LogP contribution in [0.3, 0.4) is 0 Å². The average Bonchev–Trinajstić information content (AvgIpc) is 1.86. The highest BCUT2D eigenvalue weighted by atomic mass is 32.2. The maximum Gasteiger partial charge on any atom is 0.329 e. The first-order valence-corrected chi connectivity index (χ1v) is 3.75. The van der Waals surface area contributed by atoms with E-state index >= 15 is 0 Å². The lowest BCUT2D eigenvalue weighted by atomic mass is 10.2. The molecule has 0 aromatic rings. The molecule has 0 aliphatic carbocycles. The molecule has 0 aliphatic rings. The highest BCUT2D eigenvalue weighted by Gasteiger charge is 2.15. The van der Waals surface area contributed by atoms with Gasteiger partial charge in [0.1, 0.15) is 0 Å². The van der Waals surface area contributed by atoms with E-state index in [0.717, 1.165) is 0 Å². The molecule has 0 radical (unpaired) electrons. The van der Waals surface area contributed by atoms with E-state index in [2.05, 4.69) is 4.36 Å². The Morgan fingerprint density at radius 1 is 1.55 bits per heavy atom. The lowest BCUT2D eigenvalue weighted by Crippen LogP contribution is -2.18. The first kappa shape index (κ1) is 10.0. The van der Waals surface area contributed by atoms with Crippen LogP contribution in [0, 0.1) is 0 Å². The number of aliphatic carboxylic acids is 1. The Hall–Kier alpha value is -0.950. The largest absolute Gasteiger partial charge is 0.480 e. The topological polar surface area (TPSA) is 104 Å². The van der Waals surface area contributed by atoms with Crippen LogP contribution in [0.1, 0.15) is 6.42 Å². The number of hydrogen-bond donors (Lipinski definition) is 2. The predicted molar refractivity (Wildman–Crippen MR) is 34.5 cm³/mol. The van der Waals surface area contributed by atoms with Gasteiger partial charge in [-0.25, -0.2) is 4.79 Å². The standard InChI is InChI=1S/C4H7NO5S/c6-2-1-3(4(7)8)5-11(9)10/h3,6H,1-2H2,(H,7,8). The Morgan fingerprint density at radius 2 is 2.09 bits per heavy atom. The maximum atomic E-state index is 10.1. The van der Waals surface area contributed by atoms with Crippen molar-refractivity contribution in [2.75, 3.05) is 6.61 Å². The van der Waals surface area contributed by atoms with Crippen molar-refractivity contribution in [3.63, 3.8) is 0 Å². The number of aliphatic hydroxyl groups excluding tert-OH is 1. The van der Waals surface area contributed by atoms with Gasteiger partial charge in [0.2, 0.25) is 0 Å². The van der Waals surface area contributed by atoms with Crippen LogP contribution in [-0.4, -0.2) is 37.2 Å². The highest BCUT2D eigenvalue weighted by Crippen LogP contribution is 1.96. The van der Waals surface area contributed by atoms with E-state index in [9.17, 15) is 13.2 Å². The van der Waals surface area contributed by atoms with E-state index in [1.807, 2.05) is 0 Å². The summed E-state index contributed by atoms with van der Waals surface area (Å²) in [5.74, 6) is -1.36. The van der Waals surface area contributed by atoms with E-state index in [1.54, 1.807) is 0 Å². The van der Waals surface area contributed by atoms with Crippen molar-refractivity contribution in [3.8, 4) is 0 Å². The summed E-state index contributed by atoms with van der Waals surface area (Å²) in [5.41, 5.74) is 0. The summed E-state index contributed by atoms with van der Waals surface area (Å²) in [6.07, 6.45) is -0.191. The molecule has 0 amide bonds. The Balaban J connectivity index is 4.35. The summed E-state index contributed by atoms with van der Waals surface area (Å²) < 4.78 is 22.6. The molecule has 0 bridgehead atoms. The molecule has 0 aliphatic heterocycles. The van der Waals surface area contributed by atoms with Gasteiger partial charge in [-0.3, -0.25) is 0 Å². The van der Waals surface area contributed by atoms with Crippen molar-refractivity contribution < 1.29 is 23.4 Å². The zero-order chi connectivity index (χ0) is 8.85. The van der Waals surface area contributed by atoms with Gasteiger partial charge in [-0.05, 0) is 0 Å². The summed E-state index contributed by atoms with van der Waals surface area (Å²) in [6, 6.07) is -1.36. The Bertz CT molecular complexity index is 248. The fourth-order valence-corrected chi connectivity index (χ4v) is 0.851. The Kier molecular flexibility index (Phi) is 4.39. The third kappa shape index (κ3) is 4.45. The number of carboxylic acids is 1. The van der Waals surface area contributed by atoms with Crippen molar-refractivity contribution in [2.45, 2.75) is 12.5 Å². The first-order chi connectivity index (χ1) is 5.07. The molecule has 1 atom stereocenters. The number of rotatable bonds is 4. The summed E-state index contributed by atoms with van der Waals surface area (Å²) >= 11 is 0. The minimum Gasteiger partial charge on any atom is -0.480 e. The third-order valence-electron chi connectivity index (χ3n) is 0.901. The number of carbonyl (C=O) groups is 1. The van der Waals surface area contributed by atoms with Gasteiger partial charge >= 0.3 is 16.5 Å². The van der Waals surface area contributed by atoms with Gasteiger partial charge in [0, 0.05) is 13.0 Å². The monoisotopic (exact) mass is 181 g/mol. The van der Waals surface area contributed by atoms with E-state index in [0.29, 0.717) is 0 Å². The minimum atomic E-state index is -2.73. The Morgan fingerprint density at radius 3 is 2.36 bits per heavy atom. The lowest BCUT2D eigenvalue weighted by Gasteiger charge is -1.99. The van der Waals surface area contributed by atoms with Crippen LogP contribution in [0.25, 0.3) is 0 Å². The molecule has 11 heavy (non-hydrogen) atoms. The number of carboxylic acid groups (broad SMARTS) is 1. The zero-order valence-electron chi connectivity index (χ0n) is 5.47. The van der Waals surface area contributed by atoms with Crippen LogP contribution in [0.15, 0.2) is 4.36 Å². The highest BCUT2D eigenvalue weighted by molar-refractivity contribution is 7.61. The van der Waals surface area contributed by atoms with Gasteiger partial charge < -0.3 is 10.2 Å². The van der Waals surface area contributed by atoms with Gasteiger partial charge in [-0.1, -0.05) is 0 Å². The molecule has 0 heterocycles. The molecule has 0 fully saturated rings. The molecule has 0 spiro atoms. The second kappa shape index (κ2) is 4.80. The minimum absolute atomic E-state index is 0.191. The number of nitrogens with zero attached hydrogens (tertiary/aromatic N) is 1. The summed E-state index contributed by atoms with van der Waals surface area (Å²) in [7, 11) is -2.73. The van der Waals surface area contributed by atoms with E-state index in [1.165, 1.54) is 0 Å². The van der Waals surface area contributed by atoms with Crippen LogP contribution in [0.5, 0.6) is 0 Å². The fourth-order valence-electron chi connectivity index (χ4n) is 0.447. The van der Waals surface area contributed by atoms with Gasteiger partial charge in [0.25, 0.3) is 0 Å². The SMILES string of the molecule is O=C(O)C(CCO)N=S(=O)=O. The van der Waals surface area contributed by atoms with Crippen molar-refractivity contribution in [1.29, 1.82) is 0 Å². The molecule has 0 aromatic carbocycles. The number of aliphatic hydroxyl groups is 1. The van der Waals surface area contributed by atoms with Gasteiger partial charge in [-0.15, -0.1) is 0 Å². The zero-order valence-corrected chi connectivity index (χ0v) is 6.28. The lowest BCUT2D eigenvalue weighted by molar-refractivity contribution is -0.138. The average molecular weight is 181 g/mol. The van der Waals surface area contributed by atoms with Crippen LogP contribution >= 0.6 is 0 Å². The van der Waals surface area contributed by atoms with Crippen molar-refractivity contribution >= 4 is 16.5 Å². The molecule has 0 aromatic heterocycles. The first-order valence-electron chi connectivity index (χ1n) is 2.71. The van der Waals surface area contributed by atoms with Crippen LogP contribution in [0.4, 0.5) is 0 Å². The van der Waals surface area contributed by atoms with E-state index < -0.39 is 29.1 Å². The molecule has 6 nitrogen and oxygen atoms in total. The molecule has 7 heteroatoms. The molecule has 2 N–H and O–H groups in total. The van der Waals surface area contributed by atoms with Gasteiger partial charge in [0.05, 0.1) is 0 Å². The quantitative estimate of drug-likeness (QED) is 0.572. The van der Waals surface area contributed by atoms with Crippen LogP contribution in [0.2, 0.25) is 0 Å². The number of hydrogen-bond acceptors (Lipinski definition) is 5.